The van der Waals surface area contributed by atoms with Gasteiger partial charge in [0.2, 0.25) is 0 Å². The molecule has 0 aliphatic heterocycles. The molecule has 3 heteroatoms. The number of furan rings is 1. The third kappa shape index (κ3) is 1.04. The van der Waals surface area contributed by atoms with E-state index in [4.69, 9.17) is 4.42 Å². The largest absolute Gasteiger partial charge is 0.453 e. The van der Waals surface area contributed by atoms with Gasteiger partial charge < -0.3 is 4.42 Å². The number of hydrogen-bond donors (Lipinski definition) is 0. The Hall–Kier alpha value is -0.570. The molecule has 1 fully saturated rings. The van der Waals surface area contributed by atoms with Crippen molar-refractivity contribution < 1.29 is 9.21 Å². The van der Waals surface area contributed by atoms with E-state index in [1.54, 1.807) is 6.92 Å². The molecule has 0 amide bonds. The first kappa shape index (κ1) is 8.05. The van der Waals surface area contributed by atoms with Crippen LogP contribution in [-0.4, -0.2) is 5.78 Å². The average Bonchev–Trinajstić information content (AvgIpc) is 2.71. The third-order valence-electron chi connectivity index (χ3n) is 2.47. The summed E-state index contributed by atoms with van der Waals surface area (Å²) in [6, 6.07) is 3.71. The van der Waals surface area contributed by atoms with E-state index in [2.05, 4.69) is 15.9 Å². The lowest BCUT2D eigenvalue weighted by Gasteiger charge is -2.05. The second kappa shape index (κ2) is 2.46. The molecular weight excluding hydrogens is 220 g/mol. The van der Waals surface area contributed by atoms with Crippen molar-refractivity contribution in [2.45, 2.75) is 25.2 Å². The summed E-state index contributed by atoms with van der Waals surface area (Å²) >= 11 is 3.22. The van der Waals surface area contributed by atoms with Crippen LogP contribution in [0.15, 0.2) is 21.2 Å². The van der Waals surface area contributed by atoms with E-state index in [0.717, 1.165) is 18.6 Å². The molecule has 0 radical (unpaired) electrons. The van der Waals surface area contributed by atoms with Crippen molar-refractivity contribution in [3.05, 3.63) is 22.6 Å². The van der Waals surface area contributed by atoms with Gasteiger partial charge in [-0.3, -0.25) is 4.79 Å². The first-order valence-corrected chi connectivity index (χ1v) is 4.71. The molecule has 1 aromatic heterocycles. The first-order valence-electron chi connectivity index (χ1n) is 3.92. The lowest BCUT2D eigenvalue weighted by Crippen LogP contribution is -2.15. The van der Waals surface area contributed by atoms with Gasteiger partial charge in [-0.15, -0.1) is 0 Å². The van der Waals surface area contributed by atoms with Gasteiger partial charge >= 0.3 is 0 Å². The van der Waals surface area contributed by atoms with Gasteiger partial charge in [-0.2, -0.15) is 0 Å². The van der Waals surface area contributed by atoms with Gasteiger partial charge in [-0.05, 0) is 47.8 Å². The number of ketones is 1. The highest BCUT2D eigenvalue weighted by atomic mass is 79.9. The maximum Gasteiger partial charge on any atom is 0.169 e. The number of halogens is 1. The zero-order valence-electron chi connectivity index (χ0n) is 6.76. The van der Waals surface area contributed by atoms with Crippen molar-refractivity contribution in [3.8, 4) is 0 Å². The molecule has 0 atom stereocenters. The predicted molar refractivity (Wildman–Crippen MR) is 48.0 cm³/mol. The van der Waals surface area contributed by atoms with Gasteiger partial charge in [0, 0.05) is 0 Å². The molecule has 0 unspecified atom stereocenters. The number of Topliss-reactive ketones (excluding diaryl/α,β-unsaturated/α-hetero) is 1. The number of rotatable bonds is 2. The first-order chi connectivity index (χ1) is 5.65. The van der Waals surface area contributed by atoms with E-state index in [0.29, 0.717) is 4.67 Å². The van der Waals surface area contributed by atoms with E-state index >= 15 is 0 Å². The van der Waals surface area contributed by atoms with Crippen LogP contribution in [0, 0.1) is 0 Å². The summed E-state index contributed by atoms with van der Waals surface area (Å²) in [5.74, 6) is 1.02. The highest BCUT2D eigenvalue weighted by Crippen LogP contribution is 2.49. The van der Waals surface area contributed by atoms with E-state index < -0.39 is 0 Å². The fourth-order valence-corrected chi connectivity index (χ4v) is 1.78. The molecule has 1 aliphatic rings. The molecule has 1 aromatic rings. The molecule has 1 heterocycles. The molecule has 0 bridgehead atoms. The molecule has 0 saturated heterocycles. The molecular formula is C9H9BrO2. The molecule has 1 aliphatic carbocycles. The topological polar surface area (TPSA) is 30.2 Å². The van der Waals surface area contributed by atoms with Crippen molar-refractivity contribution in [1.29, 1.82) is 0 Å². The minimum atomic E-state index is -0.272. The van der Waals surface area contributed by atoms with E-state index in [-0.39, 0.29) is 11.2 Å². The fraction of sp³-hybridized carbons (Fsp3) is 0.444. The van der Waals surface area contributed by atoms with Crippen molar-refractivity contribution in [3.63, 3.8) is 0 Å². The Morgan fingerprint density at radius 1 is 1.58 bits per heavy atom. The lowest BCUT2D eigenvalue weighted by molar-refractivity contribution is -0.119. The monoisotopic (exact) mass is 228 g/mol. The van der Waals surface area contributed by atoms with Crippen molar-refractivity contribution in [2.75, 3.05) is 0 Å². The van der Waals surface area contributed by atoms with E-state index in [1.165, 1.54) is 0 Å². The average molecular weight is 229 g/mol. The van der Waals surface area contributed by atoms with Gasteiger partial charge in [0.15, 0.2) is 4.67 Å². The highest BCUT2D eigenvalue weighted by Gasteiger charge is 2.51. The zero-order valence-corrected chi connectivity index (χ0v) is 8.35. The number of carbonyl (C=O) groups is 1. The SMILES string of the molecule is CC(=O)C1(c2ccc(Br)o2)CC1. The molecule has 0 spiro atoms. The summed E-state index contributed by atoms with van der Waals surface area (Å²) in [4.78, 5) is 11.3. The quantitative estimate of drug-likeness (QED) is 0.780. The van der Waals surface area contributed by atoms with Crippen LogP contribution in [0.5, 0.6) is 0 Å². The fourth-order valence-electron chi connectivity index (χ4n) is 1.47. The van der Waals surface area contributed by atoms with Crippen LogP contribution < -0.4 is 0 Å². The van der Waals surface area contributed by atoms with Gasteiger partial charge in [-0.1, -0.05) is 0 Å². The maximum atomic E-state index is 11.3. The Labute approximate surface area is 79.1 Å². The van der Waals surface area contributed by atoms with E-state index in [1.807, 2.05) is 12.1 Å². The Morgan fingerprint density at radius 2 is 2.25 bits per heavy atom. The summed E-state index contributed by atoms with van der Waals surface area (Å²) in [7, 11) is 0. The standard InChI is InChI=1S/C9H9BrO2/c1-6(11)9(4-5-9)7-2-3-8(10)12-7/h2-3H,4-5H2,1H3. The summed E-state index contributed by atoms with van der Waals surface area (Å²) < 4.78 is 6.07. The van der Waals surface area contributed by atoms with Crippen LogP contribution in [-0.2, 0) is 10.2 Å². The predicted octanol–water partition coefficient (Wildman–Crippen LogP) is 2.66. The molecule has 0 N–H and O–H groups in total. The molecule has 12 heavy (non-hydrogen) atoms. The Kier molecular flexibility index (Phi) is 1.65. The minimum Gasteiger partial charge on any atom is -0.453 e. The van der Waals surface area contributed by atoms with E-state index in [9.17, 15) is 4.79 Å². The highest BCUT2D eigenvalue weighted by molar-refractivity contribution is 9.10. The Balaban J connectivity index is 2.36. The van der Waals surface area contributed by atoms with Gasteiger partial charge in [0.05, 0.1) is 5.41 Å². The summed E-state index contributed by atoms with van der Waals surface area (Å²) in [5, 5.41) is 0. The Morgan fingerprint density at radius 3 is 2.58 bits per heavy atom. The molecule has 2 nitrogen and oxygen atoms in total. The second-order valence-electron chi connectivity index (χ2n) is 3.24. The van der Waals surface area contributed by atoms with Crippen molar-refractivity contribution >= 4 is 21.7 Å². The third-order valence-corrected chi connectivity index (χ3v) is 2.89. The van der Waals surface area contributed by atoms with Crippen LogP contribution in [0.2, 0.25) is 0 Å². The maximum absolute atomic E-state index is 11.3. The molecule has 1 saturated carbocycles. The van der Waals surface area contributed by atoms with Crippen LogP contribution in [0.1, 0.15) is 25.5 Å². The van der Waals surface area contributed by atoms with Crippen LogP contribution in [0.25, 0.3) is 0 Å². The van der Waals surface area contributed by atoms with Gasteiger partial charge in [0.25, 0.3) is 0 Å². The summed E-state index contributed by atoms with van der Waals surface area (Å²) in [6.45, 7) is 1.63. The lowest BCUT2D eigenvalue weighted by atomic mass is 9.99. The zero-order chi connectivity index (χ0) is 8.77. The smallest absolute Gasteiger partial charge is 0.169 e. The molecule has 2 rings (SSSR count). The van der Waals surface area contributed by atoms with Gasteiger partial charge in [0.1, 0.15) is 11.5 Å². The summed E-state index contributed by atoms with van der Waals surface area (Å²) in [5.41, 5.74) is -0.272. The Bertz CT molecular complexity index is 323. The van der Waals surface area contributed by atoms with Crippen LogP contribution in [0.4, 0.5) is 0 Å². The summed E-state index contributed by atoms with van der Waals surface area (Å²) in [6.07, 6.45) is 1.87. The normalized spacial score (nSPS) is 19.2. The van der Waals surface area contributed by atoms with Gasteiger partial charge in [-0.25, -0.2) is 0 Å². The van der Waals surface area contributed by atoms with Crippen LogP contribution >= 0.6 is 15.9 Å². The van der Waals surface area contributed by atoms with Crippen LogP contribution in [0.3, 0.4) is 0 Å². The van der Waals surface area contributed by atoms with Crippen molar-refractivity contribution in [2.24, 2.45) is 0 Å². The molecule has 64 valence electrons. The number of carbonyl (C=O) groups excluding carboxylic acids is 1. The second-order valence-corrected chi connectivity index (χ2v) is 4.02. The van der Waals surface area contributed by atoms with Crippen molar-refractivity contribution in [1.82, 2.24) is 0 Å². The molecule has 0 aromatic carbocycles. The minimum absolute atomic E-state index is 0.212. The number of hydrogen-bond acceptors (Lipinski definition) is 2.